The highest BCUT2D eigenvalue weighted by molar-refractivity contribution is 5.91. The normalized spacial score (nSPS) is 14.1. The summed E-state index contributed by atoms with van der Waals surface area (Å²) in [5.74, 6) is -0.134. The van der Waals surface area contributed by atoms with Crippen LogP contribution in [-0.2, 0) is 7.05 Å². The van der Waals surface area contributed by atoms with E-state index in [1.807, 2.05) is 0 Å². The third-order valence-electron chi connectivity index (χ3n) is 2.27. The lowest BCUT2D eigenvalue weighted by Gasteiger charge is -1.94. The molecule has 0 unspecified atom stereocenters. The zero-order valence-electron chi connectivity index (χ0n) is 8.02. The lowest BCUT2D eigenvalue weighted by atomic mass is 10.3. The third kappa shape index (κ3) is 0.921. The molecule has 2 rings (SSSR count). The van der Waals surface area contributed by atoms with Crippen LogP contribution >= 0.6 is 0 Å². The van der Waals surface area contributed by atoms with Crippen LogP contribution in [0.1, 0.15) is 10.5 Å². The number of carbonyl (C=O) groups excluding carboxylic acids is 1. The van der Waals surface area contributed by atoms with Gasteiger partial charge in [-0.2, -0.15) is 9.58 Å². The summed E-state index contributed by atoms with van der Waals surface area (Å²) in [4.78, 5) is 24.4. The Hall–Kier alpha value is -1.91. The molecule has 0 bridgehead atoms. The summed E-state index contributed by atoms with van der Waals surface area (Å²) in [5.41, 5.74) is 0.257. The van der Waals surface area contributed by atoms with Gasteiger partial charge in [0, 0.05) is 11.3 Å². The number of hydrogen-bond donors (Lipinski definition) is 0. The van der Waals surface area contributed by atoms with Gasteiger partial charge in [0.05, 0.1) is 14.1 Å². The second-order valence-corrected chi connectivity index (χ2v) is 3.26. The molecular formula is C9H10N3O2+. The predicted molar refractivity (Wildman–Crippen MR) is 48.8 cm³/mol. The van der Waals surface area contributed by atoms with E-state index in [0.717, 1.165) is 0 Å². The quantitative estimate of drug-likeness (QED) is 0.452. The number of carbonyl (C=O) groups is 1. The van der Waals surface area contributed by atoms with E-state index in [-0.39, 0.29) is 11.5 Å². The minimum atomic E-state index is -0.201. The van der Waals surface area contributed by atoms with Crippen molar-refractivity contribution in [3.05, 3.63) is 33.7 Å². The van der Waals surface area contributed by atoms with Gasteiger partial charge in [-0.25, -0.2) is 4.79 Å². The van der Waals surface area contributed by atoms with Crippen molar-refractivity contribution in [3.8, 4) is 0 Å². The fourth-order valence-corrected chi connectivity index (χ4v) is 1.46. The van der Waals surface area contributed by atoms with E-state index in [1.54, 1.807) is 20.4 Å². The van der Waals surface area contributed by atoms with Crippen LogP contribution in [-0.4, -0.2) is 22.5 Å². The molecule has 1 aromatic heterocycles. The van der Waals surface area contributed by atoms with Crippen molar-refractivity contribution in [3.63, 3.8) is 0 Å². The van der Waals surface area contributed by atoms with E-state index in [4.69, 9.17) is 0 Å². The topological polar surface area (TPSA) is 48.2 Å². The van der Waals surface area contributed by atoms with Crippen molar-refractivity contribution in [1.29, 1.82) is 0 Å². The summed E-state index contributed by atoms with van der Waals surface area (Å²) in [6, 6.07) is 1.50. The smallest absolute Gasteiger partial charge is 0.265 e. The molecule has 2 heterocycles. The Morgan fingerprint density at radius 1 is 1.36 bits per heavy atom. The van der Waals surface area contributed by atoms with Crippen molar-refractivity contribution >= 4 is 12.5 Å². The van der Waals surface area contributed by atoms with Gasteiger partial charge >= 0.3 is 5.91 Å². The van der Waals surface area contributed by atoms with Crippen molar-refractivity contribution in [2.75, 3.05) is 7.05 Å². The SMILES string of the molecule is C=c1cc2[n+](n(C)c1=O)=CN(C)C2=O. The zero-order valence-corrected chi connectivity index (χ0v) is 8.02. The average Bonchev–Trinajstić information content (AvgIpc) is 2.42. The molecule has 0 aromatic carbocycles. The first kappa shape index (κ1) is 8.68. The maximum Gasteiger partial charge on any atom is 0.382 e. The van der Waals surface area contributed by atoms with E-state index in [9.17, 15) is 9.59 Å². The van der Waals surface area contributed by atoms with Gasteiger partial charge in [0.2, 0.25) is 5.69 Å². The van der Waals surface area contributed by atoms with Crippen LogP contribution in [0, 0.1) is 6.34 Å². The summed E-state index contributed by atoms with van der Waals surface area (Å²) in [6.07, 6.45) is 1.57. The van der Waals surface area contributed by atoms with Gasteiger partial charge in [-0.05, 0) is 0 Å². The monoisotopic (exact) mass is 192 g/mol. The molecule has 0 aliphatic carbocycles. The Balaban J connectivity index is 2.98. The molecule has 72 valence electrons. The number of aromatic nitrogens is 2. The van der Waals surface area contributed by atoms with Crippen LogP contribution in [0.3, 0.4) is 0 Å². The van der Waals surface area contributed by atoms with Crippen LogP contribution in [0.2, 0.25) is 0 Å². The molecule has 0 spiro atoms. The van der Waals surface area contributed by atoms with Crippen molar-refractivity contribution in [2.24, 2.45) is 7.05 Å². The van der Waals surface area contributed by atoms with Gasteiger partial charge in [0.1, 0.15) is 0 Å². The standard InChI is InChI=1S/C9H10N3O2/c1-6-4-7-9(14)10(2)5-12(7)11(3)8(6)13/h4-5H,1H2,2-3H3/q+1. The van der Waals surface area contributed by atoms with E-state index in [2.05, 4.69) is 6.58 Å². The van der Waals surface area contributed by atoms with Gasteiger partial charge in [0.15, 0.2) is 0 Å². The molecule has 0 atom stereocenters. The summed E-state index contributed by atoms with van der Waals surface area (Å²) < 4.78 is 2.87. The van der Waals surface area contributed by atoms with E-state index in [0.29, 0.717) is 10.9 Å². The minimum absolute atomic E-state index is 0.134. The van der Waals surface area contributed by atoms with Gasteiger partial charge in [-0.1, -0.05) is 6.58 Å². The van der Waals surface area contributed by atoms with Crippen molar-refractivity contribution in [1.82, 2.24) is 9.58 Å². The van der Waals surface area contributed by atoms with Crippen LogP contribution in [0.15, 0.2) is 10.9 Å². The Bertz CT molecular complexity index is 585. The highest BCUT2D eigenvalue weighted by atomic mass is 16.2. The Kier molecular flexibility index (Phi) is 1.57. The lowest BCUT2D eigenvalue weighted by Crippen LogP contribution is -2.48. The molecule has 0 fully saturated rings. The Morgan fingerprint density at radius 2 is 2.00 bits per heavy atom. The van der Waals surface area contributed by atoms with E-state index < -0.39 is 0 Å². The molecule has 5 nitrogen and oxygen atoms in total. The molecule has 1 aliphatic rings. The van der Waals surface area contributed by atoms with Gasteiger partial charge in [0.25, 0.3) is 11.9 Å². The van der Waals surface area contributed by atoms with Crippen LogP contribution in [0.5, 0.6) is 0 Å². The molecule has 0 saturated heterocycles. The van der Waals surface area contributed by atoms with Gasteiger partial charge in [-0.3, -0.25) is 4.79 Å². The Morgan fingerprint density at radius 3 is 2.64 bits per heavy atom. The third-order valence-corrected chi connectivity index (χ3v) is 2.27. The highest BCUT2D eigenvalue weighted by Crippen LogP contribution is 1.97. The number of amides is 1. The zero-order chi connectivity index (χ0) is 10.5. The summed E-state index contributed by atoms with van der Waals surface area (Å²) >= 11 is 0. The second kappa shape index (κ2) is 2.54. The molecule has 5 heteroatoms. The lowest BCUT2D eigenvalue weighted by molar-refractivity contribution is -0.611. The number of hydrogen-bond acceptors (Lipinski definition) is 2. The van der Waals surface area contributed by atoms with Crippen molar-refractivity contribution in [2.45, 2.75) is 0 Å². The van der Waals surface area contributed by atoms with Gasteiger partial charge in [-0.15, -0.1) is 4.36 Å². The maximum absolute atomic E-state index is 11.5. The molecule has 0 N–H and O–H groups in total. The molecule has 0 saturated carbocycles. The summed E-state index contributed by atoms with van der Waals surface area (Å²) in [6.45, 7) is 3.59. The molecular weight excluding hydrogens is 182 g/mol. The first-order chi connectivity index (χ1) is 6.52. The summed E-state index contributed by atoms with van der Waals surface area (Å²) in [7, 11) is 3.24. The maximum atomic E-state index is 11.5. The van der Waals surface area contributed by atoms with Crippen molar-refractivity contribution < 1.29 is 9.15 Å². The molecule has 1 aromatic rings. The molecule has 1 aliphatic heterocycles. The fraction of sp³-hybridized carbons (Fsp3) is 0.222. The predicted octanol–water partition coefficient (Wildman–Crippen LogP) is -1.86. The number of rotatable bonds is 0. The van der Waals surface area contributed by atoms with Crippen LogP contribution < -0.4 is 15.1 Å². The Labute approximate surface area is 79.8 Å². The molecule has 14 heavy (non-hydrogen) atoms. The van der Waals surface area contributed by atoms with E-state index in [1.165, 1.54) is 20.0 Å². The minimum Gasteiger partial charge on any atom is -0.265 e. The second-order valence-electron chi connectivity index (χ2n) is 3.26. The first-order valence-electron chi connectivity index (χ1n) is 4.12. The fourth-order valence-electron chi connectivity index (χ4n) is 1.46. The van der Waals surface area contributed by atoms with Gasteiger partial charge < -0.3 is 0 Å². The number of fused-ring (bicyclic) bond motifs is 1. The highest BCUT2D eigenvalue weighted by Gasteiger charge is 2.29. The van der Waals surface area contributed by atoms with Crippen LogP contribution in [0.4, 0.5) is 0 Å². The van der Waals surface area contributed by atoms with Crippen LogP contribution in [0.25, 0.3) is 6.58 Å². The first-order valence-corrected chi connectivity index (χ1v) is 4.12. The number of nitrogens with zero attached hydrogens (tertiary/aromatic N) is 3. The van der Waals surface area contributed by atoms with E-state index >= 15 is 0 Å². The summed E-state index contributed by atoms with van der Waals surface area (Å²) in [5, 5.41) is 0.329. The molecule has 1 amide bonds. The molecule has 0 radical (unpaired) electrons. The largest absolute Gasteiger partial charge is 0.382 e. The average molecular weight is 192 g/mol.